The number of anilines is 1. The molecule has 0 radical (unpaired) electrons. The van der Waals surface area contributed by atoms with Crippen molar-refractivity contribution in [3.8, 4) is 0 Å². The van der Waals surface area contributed by atoms with Gasteiger partial charge in [-0.2, -0.15) is 18.8 Å². The van der Waals surface area contributed by atoms with E-state index in [1.807, 2.05) is 45.0 Å². The third kappa shape index (κ3) is 5.18. The van der Waals surface area contributed by atoms with E-state index in [4.69, 9.17) is 11.6 Å². The van der Waals surface area contributed by atoms with Crippen LogP contribution in [0, 0.1) is 12.8 Å². The molecule has 0 bridgehead atoms. The zero-order valence-corrected chi connectivity index (χ0v) is 17.0. The molecule has 1 heterocycles. The number of halogens is 1. The number of hydrogen-bond acceptors (Lipinski definition) is 4. The molecule has 2 aromatic rings. The monoisotopic (exact) mass is 392 g/mol. The van der Waals surface area contributed by atoms with Gasteiger partial charge in [-0.25, -0.2) is 4.98 Å². The molecule has 0 amide bonds. The molecule has 2 rings (SSSR count). The van der Waals surface area contributed by atoms with Crippen molar-refractivity contribution >= 4 is 17.5 Å². The molecule has 0 saturated carbocycles. The van der Waals surface area contributed by atoms with Gasteiger partial charge in [0.05, 0.1) is 6.04 Å². The molecule has 1 aromatic carbocycles. The third-order valence-corrected chi connectivity index (χ3v) is 3.43. The van der Waals surface area contributed by atoms with Gasteiger partial charge in [-0.3, -0.25) is 4.98 Å². The molecular formula is C16H20ClN4Y+2. The Hall–Kier alpha value is -0.706. The second-order valence-electron chi connectivity index (χ2n) is 5.19. The summed E-state index contributed by atoms with van der Waals surface area (Å²) in [5, 5.41) is 4.12. The van der Waals surface area contributed by atoms with Gasteiger partial charge >= 0.3 is 32.7 Å². The second-order valence-corrected chi connectivity index (χ2v) is 5.62. The number of aryl methyl sites for hydroxylation is 1. The van der Waals surface area contributed by atoms with Gasteiger partial charge in [0.25, 0.3) is 0 Å². The fourth-order valence-corrected chi connectivity index (χ4v) is 2.17. The average molecular weight is 393 g/mol. The number of hydrogen-bond donors (Lipinski definition) is 1. The van der Waals surface area contributed by atoms with Crippen molar-refractivity contribution in [1.29, 1.82) is 0 Å². The van der Waals surface area contributed by atoms with E-state index in [9.17, 15) is 0 Å². The summed E-state index contributed by atoms with van der Waals surface area (Å²) in [7, 11) is 0. The van der Waals surface area contributed by atoms with Crippen molar-refractivity contribution in [3.05, 3.63) is 52.4 Å². The Labute approximate surface area is 162 Å². The third-order valence-electron chi connectivity index (χ3n) is 3.18. The molecule has 1 aromatic heterocycles. The van der Waals surface area contributed by atoms with Crippen LogP contribution in [0.1, 0.15) is 50.4 Å². The van der Waals surface area contributed by atoms with Gasteiger partial charge in [-0.1, -0.05) is 30.7 Å². The number of aromatic nitrogens is 3. The quantitative estimate of drug-likeness (QED) is 0.768. The van der Waals surface area contributed by atoms with Crippen molar-refractivity contribution in [1.82, 2.24) is 15.0 Å². The van der Waals surface area contributed by atoms with Crippen LogP contribution in [-0.2, 0) is 32.7 Å². The molecule has 1 atom stereocenters. The molecule has 112 valence electrons. The zero-order valence-electron chi connectivity index (χ0n) is 13.4. The topological polar surface area (TPSA) is 50.7 Å². The molecule has 1 N–H and O–H groups in total. The predicted molar refractivity (Wildman–Crippen MR) is 86.4 cm³/mol. The molecule has 1 unspecified atom stereocenters. The fourth-order valence-electron chi connectivity index (χ4n) is 2.04. The number of nitrogens with zero attached hydrogens (tertiary/aromatic N) is 3. The molecule has 0 spiro atoms. The Kier molecular flexibility index (Phi) is 7.74. The fraction of sp³-hybridized carbons (Fsp3) is 0.375. The van der Waals surface area contributed by atoms with E-state index < -0.39 is 0 Å². The molecule has 0 aliphatic rings. The standard InChI is InChI=1S/C16H20ClN4.Y/c1-5-14(12-6-8-13(17)9-7-12)20-16-19-11(4)18-15(21-16)10(2)3;/h6-9,14H,5H2,1-4H3,(H,18,19,20,21);/q-1;+3. The van der Waals surface area contributed by atoms with Gasteiger partial charge in [0.2, 0.25) is 5.95 Å². The smallest absolute Gasteiger partial charge is 0.347 e. The van der Waals surface area contributed by atoms with Crippen LogP contribution in [0.2, 0.25) is 5.02 Å². The summed E-state index contributed by atoms with van der Waals surface area (Å²) in [5.41, 5.74) is 1.17. The van der Waals surface area contributed by atoms with E-state index in [0.29, 0.717) is 5.95 Å². The number of rotatable bonds is 5. The number of nitrogens with one attached hydrogen (secondary N) is 1. The first-order valence-electron chi connectivity index (χ1n) is 7.04. The van der Waals surface area contributed by atoms with Crippen molar-refractivity contribution in [2.75, 3.05) is 5.32 Å². The van der Waals surface area contributed by atoms with Gasteiger partial charge in [-0.05, 0) is 31.0 Å². The maximum Gasteiger partial charge on any atom is 3.00 e. The minimum atomic E-state index is 0. The number of benzene rings is 1. The molecule has 0 aliphatic carbocycles. The van der Waals surface area contributed by atoms with Crippen LogP contribution < -0.4 is 5.32 Å². The first-order valence-corrected chi connectivity index (χ1v) is 7.42. The molecule has 0 fully saturated rings. The minimum absolute atomic E-state index is 0. The van der Waals surface area contributed by atoms with Gasteiger partial charge in [0, 0.05) is 10.8 Å². The van der Waals surface area contributed by atoms with Crippen molar-refractivity contribution in [2.45, 2.75) is 40.2 Å². The van der Waals surface area contributed by atoms with Crippen molar-refractivity contribution in [2.24, 2.45) is 0 Å². The Morgan fingerprint density at radius 1 is 1.14 bits per heavy atom. The van der Waals surface area contributed by atoms with Crippen LogP contribution in [0.3, 0.4) is 0 Å². The van der Waals surface area contributed by atoms with Crippen molar-refractivity contribution in [3.63, 3.8) is 0 Å². The SMILES string of the molecule is CCC(Nc1nc(C)nc([C-](C)C)n1)c1ccc(Cl)cc1.[Y+3]. The summed E-state index contributed by atoms with van der Waals surface area (Å²) in [4.78, 5) is 13.2. The summed E-state index contributed by atoms with van der Waals surface area (Å²) < 4.78 is 0. The molecule has 6 heteroatoms. The summed E-state index contributed by atoms with van der Waals surface area (Å²) in [6.45, 7) is 7.99. The molecular weight excluding hydrogens is 373 g/mol. The normalized spacial score (nSPS) is 11.5. The maximum atomic E-state index is 5.94. The first kappa shape index (κ1) is 19.3. The van der Waals surface area contributed by atoms with Gasteiger partial charge in [-0.15, -0.1) is 0 Å². The van der Waals surface area contributed by atoms with E-state index in [-0.39, 0.29) is 38.8 Å². The Morgan fingerprint density at radius 3 is 2.32 bits per heavy atom. The maximum absolute atomic E-state index is 5.94. The Bertz CT molecular complexity index is 602. The molecule has 0 saturated heterocycles. The van der Waals surface area contributed by atoms with E-state index in [2.05, 4.69) is 27.2 Å². The van der Waals surface area contributed by atoms with Gasteiger partial charge in [0.1, 0.15) is 5.82 Å². The molecule has 0 aliphatic heterocycles. The largest absolute Gasteiger partial charge is 3.00 e. The Morgan fingerprint density at radius 2 is 1.77 bits per heavy atom. The average Bonchev–Trinajstić information content (AvgIpc) is 2.45. The van der Waals surface area contributed by atoms with Gasteiger partial charge < -0.3 is 11.2 Å². The Balaban J connectivity index is 0.00000242. The van der Waals surface area contributed by atoms with Crippen LogP contribution in [0.4, 0.5) is 5.95 Å². The first-order chi connectivity index (χ1) is 9.99. The summed E-state index contributed by atoms with van der Waals surface area (Å²) in [6.07, 6.45) is 0.927. The van der Waals surface area contributed by atoms with Crippen LogP contribution in [0.15, 0.2) is 24.3 Å². The van der Waals surface area contributed by atoms with Crippen LogP contribution in [0.25, 0.3) is 0 Å². The minimum Gasteiger partial charge on any atom is -0.347 e. The van der Waals surface area contributed by atoms with E-state index in [1.165, 1.54) is 5.56 Å². The van der Waals surface area contributed by atoms with Crippen LogP contribution in [0.5, 0.6) is 0 Å². The van der Waals surface area contributed by atoms with E-state index in [1.54, 1.807) is 0 Å². The second kappa shape index (κ2) is 8.80. The predicted octanol–water partition coefficient (Wildman–Crippen LogP) is 4.36. The van der Waals surface area contributed by atoms with E-state index in [0.717, 1.165) is 29.0 Å². The molecule has 4 nitrogen and oxygen atoms in total. The van der Waals surface area contributed by atoms with Crippen LogP contribution >= 0.6 is 11.6 Å². The summed E-state index contributed by atoms with van der Waals surface area (Å²) in [6, 6.07) is 7.99. The summed E-state index contributed by atoms with van der Waals surface area (Å²) in [5.74, 6) is 3.13. The van der Waals surface area contributed by atoms with Crippen LogP contribution in [-0.4, -0.2) is 15.0 Å². The van der Waals surface area contributed by atoms with E-state index >= 15 is 0 Å². The van der Waals surface area contributed by atoms with Gasteiger partial charge in [0.15, 0.2) is 0 Å². The molecule has 22 heavy (non-hydrogen) atoms. The van der Waals surface area contributed by atoms with Crippen molar-refractivity contribution < 1.29 is 32.7 Å². The zero-order chi connectivity index (χ0) is 15.4. The summed E-state index contributed by atoms with van der Waals surface area (Å²) >= 11 is 5.94.